The molecule has 0 aliphatic rings. The highest BCUT2D eigenvalue weighted by Gasteiger charge is 2.31. The number of carbonyl (C=O) groups is 3. The fourth-order valence-electron chi connectivity index (χ4n) is 3.36. The highest BCUT2D eigenvalue weighted by molar-refractivity contribution is 7.92. The number of hydrogen-bond acceptors (Lipinski definition) is 5. The summed E-state index contributed by atoms with van der Waals surface area (Å²) in [5.74, 6) is -1.22. The maximum atomic E-state index is 13.5. The van der Waals surface area contributed by atoms with Gasteiger partial charge in [-0.25, -0.2) is 8.42 Å². The fraction of sp³-hybridized carbons (Fsp3) is 0.400. The molecule has 0 heterocycles. The number of ketones is 1. The van der Waals surface area contributed by atoms with Crippen molar-refractivity contribution >= 4 is 44.9 Å². The molecule has 2 amide bonds. The molecule has 2 rings (SSSR count). The molecule has 0 unspecified atom stereocenters. The average Bonchev–Trinajstić information content (AvgIpc) is 2.74. The number of anilines is 1. The van der Waals surface area contributed by atoms with Gasteiger partial charge in [0.15, 0.2) is 5.78 Å². The van der Waals surface area contributed by atoms with Crippen LogP contribution in [-0.2, 0) is 26.2 Å². The number of halogens is 1. The van der Waals surface area contributed by atoms with E-state index in [0.717, 1.165) is 10.6 Å². The van der Waals surface area contributed by atoms with E-state index in [1.165, 1.54) is 24.0 Å². The van der Waals surface area contributed by atoms with Gasteiger partial charge < -0.3 is 10.2 Å². The Morgan fingerprint density at radius 1 is 1.06 bits per heavy atom. The molecule has 0 saturated carbocycles. The standard InChI is InChI=1S/C25H32ClN3O5S/c1-17(24(32)27-25(3,4)5)28(15-20-10-7-8-13-22(20)26)23(31)16-29(35(6,33)34)21-12-9-11-19(14-21)18(2)30/h7-14,17H,15-16H2,1-6H3,(H,27,32)/t17-/m1/s1. The Kier molecular flexibility index (Phi) is 9.08. The van der Waals surface area contributed by atoms with Crippen molar-refractivity contribution in [1.29, 1.82) is 0 Å². The van der Waals surface area contributed by atoms with Crippen LogP contribution in [0.2, 0.25) is 5.02 Å². The van der Waals surface area contributed by atoms with Crippen molar-refractivity contribution in [2.24, 2.45) is 0 Å². The molecule has 35 heavy (non-hydrogen) atoms. The van der Waals surface area contributed by atoms with Crippen molar-refractivity contribution in [3.05, 3.63) is 64.7 Å². The maximum Gasteiger partial charge on any atom is 0.244 e. The molecule has 190 valence electrons. The molecule has 2 aromatic rings. The van der Waals surface area contributed by atoms with Gasteiger partial charge in [0.2, 0.25) is 21.8 Å². The zero-order valence-electron chi connectivity index (χ0n) is 20.8. The SMILES string of the molecule is CC(=O)c1cccc(N(CC(=O)N(Cc2ccccc2Cl)[C@H](C)C(=O)NC(C)(C)C)S(C)(=O)=O)c1. The first kappa shape index (κ1) is 28.3. The van der Waals surface area contributed by atoms with Crippen LogP contribution in [0.15, 0.2) is 48.5 Å². The lowest BCUT2D eigenvalue weighted by Crippen LogP contribution is -2.54. The van der Waals surface area contributed by atoms with Gasteiger partial charge in [-0.15, -0.1) is 0 Å². The van der Waals surface area contributed by atoms with Gasteiger partial charge in [-0.05, 0) is 58.4 Å². The molecule has 0 aliphatic carbocycles. The number of sulfonamides is 1. The Morgan fingerprint density at radius 3 is 2.23 bits per heavy atom. The Bertz CT molecular complexity index is 1210. The van der Waals surface area contributed by atoms with Crippen LogP contribution >= 0.6 is 11.6 Å². The number of nitrogens with zero attached hydrogens (tertiary/aromatic N) is 2. The van der Waals surface area contributed by atoms with E-state index < -0.39 is 34.1 Å². The molecule has 0 aliphatic heterocycles. The van der Waals surface area contributed by atoms with Gasteiger partial charge in [-0.3, -0.25) is 18.7 Å². The second-order valence-corrected chi connectivity index (χ2v) is 11.7. The molecule has 1 N–H and O–H groups in total. The van der Waals surface area contributed by atoms with E-state index in [1.807, 2.05) is 20.8 Å². The minimum Gasteiger partial charge on any atom is -0.350 e. The summed E-state index contributed by atoms with van der Waals surface area (Å²) in [5.41, 5.74) is 0.575. The van der Waals surface area contributed by atoms with Crippen molar-refractivity contribution in [2.45, 2.75) is 52.7 Å². The number of carbonyl (C=O) groups excluding carboxylic acids is 3. The van der Waals surface area contributed by atoms with E-state index in [9.17, 15) is 22.8 Å². The predicted octanol–water partition coefficient (Wildman–Crippen LogP) is 3.64. The summed E-state index contributed by atoms with van der Waals surface area (Å²) in [7, 11) is -3.90. The Hall–Kier alpha value is -2.91. The second-order valence-electron chi connectivity index (χ2n) is 9.40. The van der Waals surface area contributed by atoms with Gasteiger partial charge in [-0.2, -0.15) is 0 Å². The zero-order valence-corrected chi connectivity index (χ0v) is 22.4. The van der Waals surface area contributed by atoms with Crippen LogP contribution in [0.25, 0.3) is 0 Å². The number of rotatable bonds is 9. The molecule has 1 atom stereocenters. The van der Waals surface area contributed by atoms with Gasteiger partial charge in [0.25, 0.3) is 0 Å². The number of hydrogen-bond donors (Lipinski definition) is 1. The van der Waals surface area contributed by atoms with Crippen LogP contribution in [-0.4, -0.2) is 55.3 Å². The van der Waals surface area contributed by atoms with E-state index in [0.29, 0.717) is 16.1 Å². The van der Waals surface area contributed by atoms with Crippen LogP contribution in [0, 0.1) is 0 Å². The summed E-state index contributed by atoms with van der Waals surface area (Å²) in [6, 6.07) is 12.1. The number of nitrogens with one attached hydrogen (secondary N) is 1. The summed E-state index contributed by atoms with van der Waals surface area (Å²) < 4.78 is 26.2. The van der Waals surface area contributed by atoms with Crippen LogP contribution < -0.4 is 9.62 Å². The first-order valence-corrected chi connectivity index (χ1v) is 13.3. The van der Waals surface area contributed by atoms with Crippen LogP contribution in [0.5, 0.6) is 0 Å². The highest BCUT2D eigenvalue weighted by Crippen LogP contribution is 2.22. The van der Waals surface area contributed by atoms with Crippen LogP contribution in [0.3, 0.4) is 0 Å². The minimum atomic E-state index is -3.90. The minimum absolute atomic E-state index is 0.00231. The third kappa shape index (κ3) is 8.07. The summed E-state index contributed by atoms with van der Waals surface area (Å²) in [4.78, 5) is 39.6. The van der Waals surface area contributed by atoms with E-state index >= 15 is 0 Å². The number of benzene rings is 2. The molecule has 0 spiro atoms. The number of amides is 2. The van der Waals surface area contributed by atoms with Gasteiger partial charge >= 0.3 is 0 Å². The van der Waals surface area contributed by atoms with Crippen LogP contribution in [0.1, 0.15) is 50.5 Å². The predicted molar refractivity (Wildman–Crippen MR) is 138 cm³/mol. The fourth-order valence-corrected chi connectivity index (χ4v) is 4.40. The van der Waals surface area contributed by atoms with E-state index in [4.69, 9.17) is 11.6 Å². The molecule has 2 aromatic carbocycles. The topological polar surface area (TPSA) is 104 Å². The second kappa shape index (κ2) is 11.2. The highest BCUT2D eigenvalue weighted by atomic mass is 35.5. The molecule has 0 bridgehead atoms. The molecule has 10 heteroatoms. The summed E-state index contributed by atoms with van der Waals surface area (Å²) in [5, 5.41) is 3.27. The normalized spacial score (nSPS) is 12.5. The van der Waals surface area contributed by atoms with Crippen molar-refractivity contribution in [3.63, 3.8) is 0 Å². The molecule has 0 aromatic heterocycles. The summed E-state index contributed by atoms with van der Waals surface area (Å²) >= 11 is 6.31. The molecule has 0 radical (unpaired) electrons. The van der Waals surface area contributed by atoms with Crippen molar-refractivity contribution < 1.29 is 22.8 Å². The van der Waals surface area contributed by atoms with Gasteiger partial charge in [0, 0.05) is 22.7 Å². The van der Waals surface area contributed by atoms with Gasteiger partial charge in [-0.1, -0.05) is 41.9 Å². The molecular formula is C25H32ClN3O5S. The largest absolute Gasteiger partial charge is 0.350 e. The smallest absolute Gasteiger partial charge is 0.244 e. The first-order valence-electron chi connectivity index (χ1n) is 11.0. The first-order chi connectivity index (χ1) is 16.1. The van der Waals surface area contributed by atoms with Gasteiger partial charge in [0.1, 0.15) is 12.6 Å². The lowest BCUT2D eigenvalue weighted by atomic mass is 10.1. The zero-order chi connectivity index (χ0) is 26.6. The number of Topliss-reactive ketones (excluding diaryl/α,β-unsaturated/α-hetero) is 1. The monoisotopic (exact) mass is 521 g/mol. The van der Waals surface area contributed by atoms with Crippen molar-refractivity contribution in [1.82, 2.24) is 10.2 Å². The average molecular weight is 522 g/mol. The maximum absolute atomic E-state index is 13.5. The van der Waals surface area contributed by atoms with E-state index in [1.54, 1.807) is 43.3 Å². The van der Waals surface area contributed by atoms with E-state index in [-0.39, 0.29) is 23.9 Å². The van der Waals surface area contributed by atoms with Crippen LogP contribution in [0.4, 0.5) is 5.69 Å². The summed E-state index contributed by atoms with van der Waals surface area (Å²) in [6.07, 6.45) is 0.981. The molecule has 0 saturated heterocycles. The van der Waals surface area contributed by atoms with Gasteiger partial charge in [0.05, 0.1) is 11.9 Å². The lowest BCUT2D eigenvalue weighted by molar-refractivity contribution is -0.140. The Balaban J connectivity index is 2.46. The summed E-state index contributed by atoms with van der Waals surface area (Å²) in [6.45, 7) is 7.87. The lowest BCUT2D eigenvalue weighted by Gasteiger charge is -2.33. The van der Waals surface area contributed by atoms with Crippen molar-refractivity contribution in [3.8, 4) is 0 Å². The van der Waals surface area contributed by atoms with Crippen molar-refractivity contribution in [2.75, 3.05) is 17.1 Å². The third-order valence-electron chi connectivity index (χ3n) is 5.18. The molecular weight excluding hydrogens is 490 g/mol. The Morgan fingerprint density at radius 2 is 1.69 bits per heavy atom. The molecule has 8 nitrogen and oxygen atoms in total. The molecule has 0 fully saturated rings. The Labute approximate surface area is 212 Å². The third-order valence-corrected chi connectivity index (χ3v) is 6.69. The van der Waals surface area contributed by atoms with E-state index in [2.05, 4.69) is 5.32 Å². The quantitative estimate of drug-likeness (QED) is 0.507.